The van der Waals surface area contributed by atoms with Crippen molar-refractivity contribution in [3.63, 3.8) is 0 Å². The molecule has 0 aromatic heterocycles. The molecular formula is C18H26N2O2. The second kappa shape index (κ2) is 7.36. The molecular weight excluding hydrogens is 276 g/mol. The largest absolute Gasteiger partial charge is 0.379 e. The topological polar surface area (TPSA) is 32.8 Å². The SMILES string of the molecule is CC(=O)c1cccc(CN2CCC[C@@H](N3CCOCC3)C2)c1. The summed E-state index contributed by atoms with van der Waals surface area (Å²) in [4.78, 5) is 16.6. The van der Waals surface area contributed by atoms with Crippen molar-refractivity contribution in [3.8, 4) is 0 Å². The average Bonchev–Trinajstić information content (AvgIpc) is 2.56. The van der Waals surface area contributed by atoms with Crippen molar-refractivity contribution in [2.75, 3.05) is 39.4 Å². The molecule has 0 saturated carbocycles. The van der Waals surface area contributed by atoms with Crippen LogP contribution in [0.5, 0.6) is 0 Å². The van der Waals surface area contributed by atoms with Crippen molar-refractivity contribution in [1.29, 1.82) is 0 Å². The first-order valence-corrected chi connectivity index (χ1v) is 8.36. The number of benzene rings is 1. The van der Waals surface area contributed by atoms with Crippen LogP contribution in [0.25, 0.3) is 0 Å². The Morgan fingerprint density at radius 3 is 2.86 bits per heavy atom. The van der Waals surface area contributed by atoms with E-state index in [9.17, 15) is 4.79 Å². The number of likely N-dealkylation sites (tertiary alicyclic amines) is 1. The fraction of sp³-hybridized carbons (Fsp3) is 0.611. The summed E-state index contributed by atoms with van der Waals surface area (Å²) < 4.78 is 5.46. The molecule has 2 aliphatic heterocycles. The number of ketones is 1. The van der Waals surface area contributed by atoms with Gasteiger partial charge in [0.05, 0.1) is 13.2 Å². The number of nitrogens with zero attached hydrogens (tertiary/aromatic N) is 2. The van der Waals surface area contributed by atoms with E-state index in [0.29, 0.717) is 6.04 Å². The number of morpholine rings is 1. The normalized spacial score (nSPS) is 24.3. The third kappa shape index (κ3) is 3.94. The molecule has 1 aromatic carbocycles. The first-order valence-electron chi connectivity index (χ1n) is 8.36. The highest BCUT2D eigenvalue weighted by Crippen LogP contribution is 2.19. The van der Waals surface area contributed by atoms with Gasteiger partial charge in [0.15, 0.2) is 5.78 Å². The molecule has 1 aromatic rings. The molecule has 0 amide bonds. The predicted octanol–water partition coefficient (Wildman–Crippen LogP) is 2.19. The number of carbonyl (C=O) groups is 1. The summed E-state index contributed by atoms with van der Waals surface area (Å²) in [5.74, 6) is 0.145. The standard InChI is InChI=1S/C18H26N2O2/c1-15(21)17-5-2-4-16(12-17)13-19-7-3-6-18(14-19)20-8-10-22-11-9-20/h2,4-5,12,18H,3,6-11,13-14H2,1H3/t18-/m1/s1. The molecule has 120 valence electrons. The van der Waals surface area contributed by atoms with E-state index in [-0.39, 0.29) is 5.78 Å². The first kappa shape index (κ1) is 15.7. The number of Topliss-reactive ketones (excluding diaryl/α,β-unsaturated/α-hetero) is 1. The lowest BCUT2D eigenvalue weighted by molar-refractivity contribution is -0.00358. The summed E-state index contributed by atoms with van der Waals surface area (Å²) in [5.41, 5.74) is 2.06. The number of carbonyl (C=O) groups excluding carboxylic acids is 1. The van der Waals surface area contributed by atoms with Crippen LogP contribution in [-0.2, 0) is 11.3 Å². The minimum Gasteiger partial charge on any atom is -0.379 e. The second-order valence-electron chi connectivity index (χ2n) is 6.44. The molecule has 2 aliphatic rings. The molecule has 22 heavy (non-hydrogen) atoms. The van der Waals surface area contributed by atoms with Crippen LogP contribution in [-0.4, -0.2) is 61.0 Å². The maximum atomic E-state index is 11.5. The third-order valence-electron chi connectivity index (χ3n) is 4.78. The smallest absolute Gasteiger partial charge is 0.159 e. The minimum atomic E-state index is 0.145. The number of hydrogen-bond donors (Lipinski definition) is 0. The van der Waals surface area contributed by atoms with Crippen LogP contribution in [0.2, 0.25) is 0 Å². The molecule has 0 bridgehead atoms. The van der Waals surface area contributed by atoms with Crippen LogP contribution in [0.3, 0.4) is 0 Å². The molecule has 0 radical (unpaired) electrons. The molecule has 2 fully saturated rings. The molecule has 2 saturated heterocycles. The molecule has 0 aliphatic carbocycles. The molecule has 4 nitrogen and oxygen atoms in total. The van der Waals surface area contributed by atoms with E-state index in [1.54, 1.807) is 6.92 Å². The van der Waals surface area contributed by atoms with Crippen molar-refractivity contribution in [1.82, 2.24) is 9.80 Å². The lowest BCUT2D eigenvalue weighted by atomic mass is 10.0. The zero-order chi connectivity index (χ0) is 15.4. The molecule has 1 atom stereocenters. The van der Waals surface area contributed by atoms with Crippen molar-refractivity contribution in [2.24, 2.45) is 0 Å². The Balaban J connectivity index is 1.60. The van der Waals surface area contributed by atoms with Crippen molar-refractivity contribution in [3.05, 3.63) is 35.4 Å². The maximum absolute atomic E-state index is 11.5. The van der Waals surface area contributed by atoms with Crippen molar-refractivity contribution < 1.29 is 9.53 Å². The predicted molar refractivity (Wildman–Crippen MR) is 87.1 cm³/mol. The lowest BCUT2D eigenvalue weighted by Crippen LogP contribution is -2.51. The van der Waals surface area contributed by atoms with E-state index in [1.807, 2.05) is 18.2 Å². The zero-order valence-electron chi connectivity index (χ0n) is 13.5. The van der Waals surface area contributed by atoms with Gasteiger partial charge in [0, 0.05) is 37.8 Å². The van der Waals surface area contributed by atoms with E-state index in [1.165, 1.54) is 18.4 Å². The van der Waals surface area contributed by atoms with Gasteiger partial charge in [-0.15, -0.1) is 0 Å². The Morgan fingerprint density at radius 1 is 1.27 bits per heavy atom. The number of rotatable bonds is 4. The number of piperidine rings is 1. The van der Waals surface area contributed by atoms with Gasteiger partial charge in [0.2, 0.25) is 0 Å². The van der Waals surface area contributed by atoms with Crippen molar-refractivity contribution in [2.45, 2.75) is 32.4 Å². The summed E-state index contributed by atoms with van der Waals surface area (Å²) in [6.07, 6.45) is 2.55. The van der Waals surface area contributed by atoms with Crippen LogP contribution in [0, 0.1) is 0 Å². The number of ether oxygens (including phenoxy) is 1. The van der Waals surface area contributed by atoms with Gasteiger partial charge >= 0.3 is 0 Å². The summed E-state index contributed by atoms with van der Waals surface area (Å²) in [6.45, 7) is 8.75. The Hall–Kier alpha value is -1.23. The van der Waals surface area contributed by atoms with E-state index in [4.69, 9.17) is 4.74 Å². The van der Waals surface area contributed by atoms with Gasteiger partial charge in [-0.1, -0.05) is 18.2 Å². The van der Waals surface area contributed by atoms with Crippen LogP contribution < -0.4 is 0 Å². The number of hydrogen-bond acceptors (Lipinski definition) is 4. The van der Waals surface area contributed by atoms with Crippen LogP contribution in [0.15, 0.2) is 24.3 Å². The monoisotopic (exact) mass is 302 g/mol. The van der Waals surface area contributed by atoms with Gasteiger partial charge in [-0.05, 0) is 37.9 Å². The van der Waals surface area contributed by atoms with Gasteiger partial charge in [0.1, 0.15) is 0 Å². The average molecular weight is 302 g/mol. The quantitative estimate of drug-likeness (QED) is 0.798. The summed E-state index contributed by atoms with van der Waals surface area (Å²) >= 11 is 0. The van der Waals surface area contributed by atoms with E-state index < -0.39 is 0 Å². The zero-order valence-corrected chi connectivity index (χ0v) is 13.5. The van der Waals surface area contributed by atoms with Gasteiger partial charge in [-0.2, -0.15) is 0 Å². The molecule has 0 N–H and O–H groups in total. The van der Waals surface area contributed by atoms with Crippen molar-refractivity contribution >= 4 is 5.78 Å². The van der Waals surface area contributed by atoms with E-state index in [2.05, 4.69) is 15.9 Å². The third-order valence-corrected chi connectivity index (χ3v) is 4.78. The first-order chi connectivity index (χ1) is 10.7. The molecule has 2 heterocycles. The molecule has 3 rings (SSSR count). The molecule has 4 heteroatoms. The van der Waals surface area contributed by atoms with Gasteiger partial charge in [0.25, 0.3) is 0 Å². The second-order valence-corrected chi connectivity index (χ2v) is 6.44. The Kier molecular flexibility index (Phi) is 5.24. The van der Waals surface area contributed by atoms with Crippen LogP contribution >= 0.6 is 0 Å². The fourth-order valence-electron chi connectivity index (χ4n) is 3.56. The lowest BCUT2D eigenvalue weighted by Gasteiger charge is -2.41. The Labute approximate surface area is 133 Å². The summed E-state index contributed by atoms with van der Waals surface area (Å²) in [7, 11) is 0. The van der Waals surface area contributed by atoms with Crippen LogP contribution in [0.1, 0.15) is 35.7 Å². The highest BCUT2D eigenvalue weighted by molar-refractivity contribution is 5.94. The van der Waals surface area contributed by atoms with E-state index >= 15 is 0 Å². The Bertz CT molecular complexity index is 512. The highest BCUT2D eigenvalue weighted by Gasteiger charge is 2.26. The Morgan fingerprint density at radius 2 is 2.09 bits per heavy atom. The molecule has 0 spiro atoms. The maximum Gasteiger partial charge on any atom is 0.159 e. The molecule has 0 unspecified atom stereocenters. The summed E-state index contributed by atoms with van der Waals surface area (Å²) in [6, 6.07) is 8.73. The summed E-state index contributed by atoms with van der Waals surface area (Å²) in [5, 5.41) is 0. The van der Waals surface area contributed by atoms with Gasteiger partial charge in [-0.3, -0.25) is 14.6 Å². The minimum absolute atomic E-state index is 0.145. The van der Waals surface area contributed by atoms with Crippen LogP contribution in [0.4, 0.5) is 0 Å². The fourth-order valence-corrected chi connectivity index (χ4v) is 3.56. The van der Waals surface area contributed by atoms with Gasteiger partial charge < -0.3 is 4.74 Å². The van der Waals surface area contributed by atoms with E-state index in [0.717, 1.165) is 51.5 Å². The van der Waals surface area contributed by atoms with Gasteiger partial charge in [-0.25, -0.2) is 0 Å². The highest BCUT2D eigenvalue weighted by atomic mass is 16.5.